The van der Waals surface area contributed by atoms with Gasteiger partial charge in [0.05, 0.1) is 27.4 Å². The van der Waals surface area contributed by atoms with Crippen molar-refractivity contribution in [3.05, 3.63) is 76.4 Å². The summed E-state index contributed by atoms with van der Waals surface area (Å²) >= 11 is 0. The Morgan fingerprint density at radius 3 is 2.76 bits per heavy atom. The van der Waals surface area contributed by atoms with Crippen molar-refractivity contribution >= 4 is 33.9 Å². The average Bonchev–Trinajstić information content (AvgIpc) is 3.62. The number of benzene rings is 2. The number of nitro benzene ring substituents is 1. The van der Waals surface area contributed by atoms with E-state index in [0.717, 1.165) is 53.7 Å². The van der Waals surface area contributed by atoms with Gasteiger partial charge < -0.3 is 24.7 Å². The lowest BCUT2D eigenvalue weighted by molar-refractivity contribution is -0.384. The highest BCUT2D eigenvalue weighted by Crippen LogP contribution is 2.39. The Labute approximate surface area is 238 Å². The van der Waals surface area contributed by atoms with Gasteiger partial charge in [-0.05, 0) is 51.1 Å². The molecule has 0 saturated carbocycles. The van der Waals surface area contributed by atoms with Gasteiger partial charge in [-0.2, -0.15) is 0 Å². The molecule has 0 spiro atoms. The van der Waals surface area contributed by atoms with Crippen molar-refractivity contribution in [1.82, 2.24) is 29.4 Å². The van der Waals surface area contributed by atoms with E-state index in [9.17, 15) is 10.1 Å². The zero-order chi connectivity index (χ0) is 28.7. The first-order valence-corrected chi connectivity index (χ1v) is 13.7. The molecule has 41 heavy (non-hydrogen) atoms. The molecule has 210 valence electrons. The Kier molecular flexibility index (Phi) is 6.88. The maximum atomic E-state index is 12.1. The van der Waals surface area contributed by atoms with Crippen molar-refractivity contribution in [2.24, 2.45) is 0 Å². The van der Waals surface area contributed by atoms with Crippen molar-refractivity contribution in [2.45, 2.75) is 26.3 Å². The molecule has 0 fully saturated rings. The lowest BCUT2D eigenvalue weighted by atomic mass is 10.0. The van der Waals surface area contributed by atoms with Crippen molar-refractivity contribution in [1.29, 1.82) is 0 Å². The minimum absolute atomic E-state index is 0.0285. The van der Waals surface area contributed by atoms with Crippen molar-refractivity contribution < 1.29 is 4.92 Å². The summed E-state index contributed by atoms with van der Waals surface area (Å²) in [5, 5.41) is 16.5. The number of imidazole rings is 1. The summed E-state index contributed by atoms with van der Waals surface area (Å²) in [5.74, 6) is 1.03. The van der Waals surface area contributed by atoms with E-state index < -0.39 is 0 Å². The van der Waals surface area contributed by atoms with E-state index in [0.29, 0.717) is 29.7 Å². The minimum Gasteiger partial charge on any atom is -0.368 e. The molecule has 6 rings (SSSR count). The molecule has 0 bridgehead atoms. The second kappa shape index (κ2) is 10.7. The molecule has 5 aromatic rings. The predicted molar refractivity (Wildman–Crippen MR) is 162 cm³/mol. The van der Waals surface area contributed by atoms with Crippen LogP contribution in [0.25, 0.3) is 33.5 Å². The van der Waals surface area contributed by atoms with E-state index in [1.807, 2.05) is 39.0 Å². The monoisotopic (exact) mass is 551 g/mol. The summed E-state index contributed by atoms with van der Waals surface area (Å²) in [6.07, 6.45) is 9.56. The number of hydrogen-bond donors (Lipinski definition) is 2. The van der Waals surface area contributed by atoms with Crippen LogP contribution < -0.4 is 10.2 Å². The number of aromatic amines is 1. The van der Waals surface area contributed by atoms with Crippen LogP contribution in [0.1, 0.15) is 17.5 Å². The number of H-pyrrole nitrogens is 1. The highest BCUT2D eigenvalue weighted by atomic mass is 16.6. The van der Waals surface area contributed by atoms with E-state index in [1.165, 1.54) is 11.1 Å². The lowest BCUT2D eigenvalue weighted by Crippen LogP contribution is -2.29. The first-order chi connectivity index (χ1) is 19.8. The van der Waals surface area contributed by atoms with Gasteiger partial charge in [-0.15, -0.1) is 0 Å². The van der Waals surface area contributed by atoms with Gasteiger partial charge in [-0.25, -0.2) is 15.0 Å². The van der Waals surface area contributed by atoms with Crippen molar-refractivity contribution in [3.8, 4) is 22.6 Å². The Balaban J connectivity index is 1.43. The maximum Gasteiger partial charge on any atom is 0.294 e. The molecule has 0 atom stereocenters. The molecule has 11 nitrogen and oxygen atoms in total. The molecule has 0 saturated heterocycles. The summed E-state index contributed by atoms with van der Waals surface area (Å²) in [5.41, 5.74) is 7.15. The molecule has 0 unspecified atom stereocenters. The number of hydrogen-bond acceptors (Lipinski definition) is 8. The lowest BCUT2D eigenvalue weighted by Gasteiger charge is -2.22. The number of rotatable bonds is 9. The van der Waals surface area contributed by atoms with Crippen LogP contribution in [0, 0.1) is 17.0 Å². The highest BCUT2D eigenvalue weighted by molar-refractivity contribution is 6.00. The van der Waals surface area contributed by atoms with Gasteiger partial charge >= 0.3 is 0 Å². The van der Waals surface area contributed by atoms with Gasteiger partial charge in [0.15, 0.2) is 0 Å². The Hall–Kier alpha value is -4.77. The summed E-state index contributed by atoms with van der Waals surface area (Å²) in [4.78, 5) is 33.0. The number of nitrogens with one attached hydrogen (secondary N) is 2. The third kappa shape index (κ3) is 5.00. The first-order valence-electron chi connectivity index (χ1n) is 13.7. The molecule has 2 N–H and O–H groups in total. The summed E-state index contributed by atoms with van der Waals surface area (Å²) in [6, 6.07) is 9.85. The van der Waals surface area contributed by atoms with E-state index in [1.54, 1.807) is 24.7 Å². The normalized spacial score (nSPS) is 12.7. The van der Waals surface area contributed by atoms with Crippen LogP contribution in [-0.2, 0) is 13.0 Å². The molecule has 1 aliphatic rings. The Morgan fingerprint density at radius 1 is 1.15 bits per heavy atom. The van der Waals surface area contributed by atoms with E-state index in [2.05, 4.69) is 54.1 Å². The summed E-state index contributed by atoms with van der Waals surface area (Å²) < 4.78 is 2.31. The maximum absolute atomic E-state index is 12.1. The number of nitro groups is 1. The molecule has 2 aromatic carbocycles. The molecule has 0 amide bonds. The van der Waals surface area contributed by atoms with Gasteiger partial charge in [0.25, 0.3) is 5.69 Å². The van der Waals surface area contributed by atoms with Crippen molar-refractivity contribution in [3.63, 3.8) is 0 Å². The van der Waals surface area contributed by atoms with Crippen LogP contribution in [0.3, 0.4) is 0 Å². The van der Waals surface area contributed by atoms with Crippen LogP contribution in [0.5, 0.6) is 0 Å². The van der Waals surface area contributed by atoms with Gasteiger partial charge in [-0.3, -0.25) is 10.1 Å². The standard InChI is InChI=1S/C30H33N9O2/c1-19-15-25(37(4)14-13-36(2)3)26(39(40)41)16-24(19)34-30-33-17-22(29-31-10-11-32-29)27(35-30)23-18-38-12-6-8-20-7-5-9-21(23)28(20)38/h5,7,9-11,15-18H,6,8,12-14H2,1-4H3,(H,31,32)(H,33,34,35). The van der Waals surface area contributed by atoms with E-state index in [-0.39, 0.29) is 10.6 Å². The molecular formula is C30H33N9O2. The quantitative estimate of drug-likeness (QED) is 0.185. The molecule has 0 aliphatic carbocycles. The Bertz CT molecular complexity index is 1740. The smallest absolute Gasteiger partial charge is 0.294 e. The third-order valence-corrected chi connectivity index (χ3v) is 7.68. The van der Waals surface area contributed by atoms with Crippen LogP contribution >= 0.6 is 0 Å². The van der Waals surface area contributed by atoms with Crippen LogP contribution in [0.4, 0.5) is 23.0 Å². The largest absolute Gasteiger partial charge is 0.368 e. The molecule has 3 aromatic heterocycles. The number of anilines is 3. The number of nitrogens with zero attached hydrogens (tertiary/aromatic N) is 7. The first kappa shape index (κ1) is 26.5. The van der Waals surface area contributed by atoms with Gasteiger partial charge in [0.2, 0.25) is 5.95 Å². The van der Waals surface area contributed by atoms with Gasteiger partial charge in [0, 0.05) is 68.5 Å². The summed E-state index contributed by atoms with van der Waals surface area (Å²) in [6.45, 7) is 4.33. The van der Waals surface area contributed by atoms with Gasteiger partial charge in [-0.1, -0.05) is 18.2 Å². The fourth-order valence-electron chi connectivity index (χ4n) is 5.54. The second-order valence-corrected chi connectivity index (χ2v) is 10.8. The van der Waals surface area contributed by atoms with Crippen LogP contribution in [-0.4, -0.2) is 68.6 Å². The number of likely N-dealkylation sites (N-methyl/N-ethyl adjacent to an activating group) is 2. The zero-order valence-electron chi connectivity index (χ0n) is 23.7. The molecule has 4 heterocycles. The molecule has 0 radical (unpaired) electrons. The number of aromatic nitrogens is 5. The fraction of sp³-hybridized carbons (Fsp3) is 0.300. The second-order valence-electron chi connectivity index (χ2n) is 10.8. The number of para-hydroxylation sites is 1. The Morgan fingerprint density at radius 2 is 2.00 bits per heavy atom. The zero-order valence-corrected chi connectivity index (χ0v) is 23.7. The number of aryl methyl sites for hydroxylation is 3. The summed E-state index contributed by atoms with van der Waals surface area (Å²) in [7, 11) is 5.84. The molecule has 1 aliphatic heterocycles. The van der Waals surface area contributed by atoms with Crippen molar-refractivity contribution in [2.75, 3.05) is 44.4 Å². The third-order valence-electron chi connectivity index (χ3n) is 7.68. The molecular weight excluding hydrogens is 518 g/mol. The minimum atomic E-state index is -0.341. The molecule has 11 heteroatoms. The van der Waals surface area contributed by atoms with E-state index in [4.69, 9.17) is 4.98 Å². The van der Waals surface area contributed by atoms with Crippen LogP contribution in [0.2, 0.25) is 0 Å². The van der Waals surface area contributed by atoms with Crippen LogP contribution in [0.15, 0.2) is 55.1 Å². The highest BCUT2D eigenvalue weighted by Gasteiger charge is 2.23. The van der Waals surface area contributed by atoms with Gasteiger partial charge in [0.1, 0.15) is 11.5 Å². The SMILES string of the molecule is Cc1cc(N(C)CCN(C)C)c([N+](=O)[O-])cc1Nc1ncc(-c2ncc[nH]2)c(-c2cn3c4c(cccc24)CCC3)n1. The topological polar surface area (TPSA) is 121 Å². The van der Waals surface area contributed by atoms with E-state index >= 15 is 0 Å². The fourth-order valence-corrected chi connectivity index (χ4v) is 5.54. The average molecular weight is 552 g/mol. The predicted octanol–water partition coefficient (Wildman–Crippen LogP) is 5.39.